The molecule has 0 spiro atoms. The van der Waals surface area contributed by atoms with Crippen LogP contribution < -0.4 is 14.7 Å². The molecule has 3 aliphatic rings. The molecule has 0 amide bonds. The number of nitrogens with zero attached hydrogens (tertiary/aromatic N) is 6. The fraction of sp³-hybridized carbons (Fsp3) is 0.875. The van der Waals surface area contributed by atoms with Crippen LogP contribution >= 0.6 is 0 Å². The molecule has 0 saturated carbocycles. The van der Waals surface area contributed by atoms with E-state index in [-0.39, 0.29) is 17.8 Å². The van der Waals surface area contributed by atoms with Crippen LogP contribution in [-0.4, -0.2) is 126 Å². The maximum atomic E-state index is 9.11. The van der Waals surface area contributed by atoms with E-state index in [1.807, 2.05) is 0 Å². The summed E-state index contributed by atoms with van der Waals surface area (Å²) >= 11 is 0. The molecule has 0 atom stereocenters. The van der Waals surface area contributed by atoms with Crippen LogP contribution in [0.25, 0.3) is 0 Å². The minimum atomic E-state index is -0.601. The molecule has 3 saturated heterocycles. The van der Waals surface area contributed by atoms with Gasteiger partial charge in [-0.3, -0.25) is 14.7 Å². The van der Waals surface area contributed by atoms with Gasteiger partial charge in [0.15, 0.2) is 0 Å². The Morgan fingerprint density at radius 2 is 0.590 bits per heavy atom. The lowest BCUT2D eigenvalue weighted by atomic mass is 10.2. The molecule has 0 bridgehead atoms. The second-order valence-electron chi connectivity index (χ2n) is 8.72. The largest absolute Gasteiger partial charge is 0.381 e. The highest BCUT2D eigenvalue weighted by Crippen LogP contribution is 2.18. The maximum Gasteiger partial charge on any atom is 0.235 e. The number of hydrogen-bond acceptors (Lipinski definition) is 15. The Morgan fingerprint density at radius 1 is 0.385 bits per heavy atom. The molecule has 3 aliphatic heterocycles. The summed E-state index contributed by atoms with van der Waals surface area (Å²) in [6.45, 7) is 2.39. The van der Waals surface area contributed by atoms with E-state index in [1.165, 1.54) is 57.8 Å². The normalized spacial score (nSPS) is 16.8. The highest BCUT2D eigenvalue weighted by Gasteiger charge is 2.18. The summed E-state index contributed by atoms with van der Waals surface area (Å²) in [4.78, 5) is 14.5. The molecule has 4 heterocycles. The molecule has 15 heteroatoms. The fourth-order valence-corrected chi connectivity index (χ4v) is 3.34. The van der Waals surface area contributed by atoms with E-state index in [9.17, 15) is 0 Å². The van der Waals surface area contributed by atoms with Gasteiger partial charge in [0.05, 0.1) is 0 Å². The Bertz CT molecular complexity index is 549. The SMILES string of the molecule is C1CCOCC1.C1CCOCC1.C1CCOCC1.OCN(CO)c1nc(N(CO)CO)nc(N(CO)CO)n1. The van der Waals surface area contributed by atoms with E-state index >= 15 is 0 Å². The van der Waals surface area contributed by atoms with Crippen LogP contribution in [0, 0.1) is 0 Å². The van der Waals surface area contributed by atoms with E-state index in [4.69, 9.17) is 44.8 Å². The lowest BCUT2D eigenvalue weighted by Gasteiger charge is -2.24. The average molecular weight is 565 g/mol. The zero-order valence-electron chi connectivity index (χ0n) is 22.9. The Balaban J connectivity index is 0.000000334. The molecule has 0 aliphatic carbocycles. The number of hydrogen-bond donors (Lipinski definition) is 6. The fourth-order valence-electron chi connectivity index (χ4n) is 3.34. The summed E-state index contributed by atoms with van der Waals surface area (Å²) in [6, 6.07) is 0. The Kier molecular flexibility index (Phi) is 21.5. The molecule has 1 aromatic rings. The van der Waals surface area contributed by atoms with Crippen molar-refractivity contribution in [2.45, 2.75) is 57.8 Å². The van der Waals surface area contributed by atoms with Gasteiger partial charge in [0.25, 0.3) is 0 Å². The molecular formula is C24H48N6O9. The number of ether oxygens (including phenoxy) is 3. The summed E-state index contributed by atoms with van der Waals surface area (Å²) < 4.78 is 15.2. The Morgan fingerprint density at radius 3 is 0.692 bits per heavy atom. The standard InChI is InChI=1S/C9H18N6O6.3C5H10O/c16-1-13(2-17)7-10-8(14(3-18)4-19)12-9(11-7)15(5-20)6-21;3*1-2-4-6-5-3-1/h16-21H,1-6H2;3*1-5H2. The smallest absolute Gasteiger partial charge is 0.235 e. The van der Waals surface area contributed by atoms with Crippen molar-refractivity contribution >= 4 is 17.8 Å². The predicted molar refractivity (Wildman–Crippen MR) is 144 cm³/mol. The van der Waals surface area contributed by atoms with Gasteiger partial charge in [0, 0.05) is 39.6 Å². The Labute approximate surface area is 230 Å². The van der Waals surface area contributed by atoms with Gasteiger partial charge < -0.3 is 44.8 Å². The zero-order chi connectivity index (χ0) is 28.6. The van der Waals surface area contributed by atoms with E-state index in [0.717, 1.165) is 54.3 Å². The van der Waals surface area contributed by atoms with Crippen molar-refractivity contribution in [3.05, 3.63) is 0 Å². The van der Waals surface area contributed by atoms with Gasteiger partial charge in [0.1, 0.15) is 40.4 Å². The number of aliphatic hydroxyl groups excluding tert-OH is 6. The third-order valence-electron chi connectivity index (χ3n) is 5.70. The summed E-state index contributed by atoms with van der Waals surface area (Å²) in [5.74, 6) is -0.503. The molecule has 4 rings (SSSR count). The van der Waals surface area contributed by atoms with Crippen molar-refractivity contribution in [1.29, 1.82) is 0 Å². The predicted octanol–water partition coefficient (Wildman–Crippen LogP) is -0.450. The van der Waals surface area contributed by atoms with E-state index < -0.39 is 40.4 Å². The highest BCUT2D eigenvalue weighted by molar-refractivity contribution is 5.45. The van der Waals surface area contributed by atoms with Gasteiger partial charge in [-0.2, -0.15) is 15.0 Å². The summed E-state index contributed by atoms with van der Waals surface area (Å²) in [5, 5.41) is 54.6. The first-order chi connectivity index (χ1) is 19.1. The van der Waals surface area contributed by atoms with Crippen molar-refractivity contribution in [3.63, 3.8) is 0 Å². The van der Waals surface area contributed by atoms with Gasteiger partial charge in [-0.15, -0.1) is 0 Å². The number of rotatable bonds is 9. The molecule has 15 nitrogen and oxygen atoms in total. The van der Waals surface area contributed by atoms with Gasteiger partial charge >= 0.3 is 0 Å². The summed E-state index contributed by atoms with van der Waals surface area (Å²) in [5.41, 5.74) is 0. The quantitative estimate of drug-likeness (QED) is 0.211. The maximum absolute atomic E-state index is 9.11. The second kappa shape index (κ2) is 23.9. The lowest BCUT2D eigenvalue weighted by Crippen LogP contribution is -2.34. The van der Waals surface area contributed by atoms with Crippen LogP contribution in [-0.2, 0) is 14.2 Å². The minimum absolute atomic E-state index is 0.168. The monoisotopic (exact) mass is 564 g/mol. The third kappa shape index (κ3) is 15.4. The van der Waals surface area contributed by atoms with Crippen LogP contribution in [0.4, 0.5) is 17.8 Å². The van der Waals surface area contributed by atoms with Crippen LogP contribution in [0.3, 0.4) is 0 Å². The number of aliphatic hydroxyl groups is 6. The van der Waals surface area contributed by atoms with Crippen LogP contribution in [0.1, 0.15) is 57.8 Å². The molecule has 1 aromatic heterocycles. The molecule has 39 heavy (non-hydrogen) atoms. The first-order valence-electron chi connectivity index (χ1n) is 13.5. The van der Waals surface area contributed by atoms with Crippen LogP contribution in [0.2, 0.25) is 0 Å². The molecule has 0 radical (unpaired) electrons. The van der Waals surface area contributed by atoms with Crippen molar-refractivity contribution in [1.82, 2.24) is 15.0 Å². The molecule has 0 unspecified atom stereocenters. The summed E-state index contributed by atoms with van der Waals surface area (Å²) in [6.07, 6.45) is 11.8. The van der Waals surface area contributed by atoms with E-state index in [1.54, 1.807) is 0 Å². The molecule has 6 N–H and O–H groups in total. The van der Waals surface area contributed by atoms with Gasteiger partial charge in [-0.1, -0.05) is 0 Å². The van der Waals surface area contributed by atoms with Gasteiger partial charge in [-0.25, -0.2) is 0 Å². The Hall–Kier alpha value is -1.95. The van der Waals surface area contributed by atoms with E-state index in [2.05, 4.69) is 15.0 Å². The first kappa shape index (κ1) is 35.1. The average Bonchev–Trinajstić information content (AvgIpc) is 3.03. The van der Waals surface area contributed by atoms with Crippen molar-refractivity contribution in [2.24, 2.45) is 0 Å². The third-order valence-corrected chi connectivity index (χ3v) is 5.70. The second-order valence-corrected chi connectivity index (χ2v) is 8.72. The molecule has 3 fully saturated rings. The molecule has 0 aromatic carbocycles. The molecular weight excluding hydrogens is 516 g/mol. The van der Waals surface area contributed by atoms with Crippen LogP contribution in [0.5, 0.6) is 0 Å². The highest BCUT2D eigenvalue weighted by atomic mass is 16.5. The summed E-state index contributed by atoms with van der Waals surface area (Å²) in [7, 11) is 0. The number of aromatic nitrogens is 3. The van der Waals surface area contributed by atoms with Crippen molar-refractivity contribution < 1.29 is 44.8 Å². The number of anilines is 3. The van der Waals surface area contributed by atoms with Crippen molar-refractivity contribution in [2.75, 3.05) is 94.7 Å². The van der Waals surface area contributed by atoms with E-state index in [0.29, 0.717) is 0 Å². The van der Waals surface area contributed by atoms with Crippen molar-refractivity contribution in [3.8, 4) is 0 Å². The minimum Gasteiger partial charge on any atom is -0.381 e. The zero-order valence-corrected chi connectivity index (χ0v) is 22.9. The lowest BCUT2D eigenvalue weighted by molar-refractivity contribution is 0.0967. The first-order valence-corrected chi connectivity index (χ1v) is 13.5. The van der Waals surface area contributed by atoms with Gasteiger partial charge in [-0.05, 0) is 57.8 Å². The van der Waals surface area contributed by atoms with Gasteiger partial charge in [0.2, 0.25) is 17.8 Å². The topological polar surface area (TPSA) is 197 Å². The van der Waals surface area contributed by atoms with Crippen LogP contribution in [0.15, 0.2) is 0 Å². The molecule has 228 valence electrons.